The second-order valence-electron chi connectivity index (χ2n) is 2.18. The zero-order valence-corrected chi connectivity index (χ0v) is 7.44. The van der Waals surface area contributed by atoms with E-state index in [2.05, 4.69) is 15.5 Å². The molecule has 0 radical (unpaired) electrons. The van der Waals surface area contributed by atoms with E-state index in [0.29, 0.717) is 17.3 Å². The van der Waals surface area contributed by atoms with E-state index >= 15 is 0 Å². The maximum Gasteiger partial charge on any atom is 0.235 e. The lowest BCUT2D eigenvalue weighted by molar-refractivity contribution is -0.113. The first kappa shape index (κ1) is 8.92. The van der Waals surface area contributed by atoms with E-state index in [1.54, 1.807) is 0 Å². The van der Waals surface area contributed by atoms with Gasteiger partial charge in [-0.1, -0.05) is 0 Å². The second-order valence-corrected chi connectivity index (χ2v) is 3.05. The molecule has 0 aliphatic carbocycles. The number of hydrogen-bond acceptors (Lipinski definition) is 4. The predicted octanol–water partition coefficient (Wildman–Crippen LogP) is 0.293. The summed E-state index contributed by atoms with van der Waals surface area (Å²) in [6, 6.07) is 0. The monoisotopic (exact) mass is 186 g/mol. The number of hydrogen-bond donors (Lipinski definition) is 3. The number of aromatic nitrogens is 2. The third-order valence-electron chi connectivity index (χ3n) is 1.21. The molecule has 1 rings (SSSR count). The molecular weight excluding hydrogens is 176 g/mol. The van der Waals surface area contributed by atoms with Gasteiger partial charge in [-0.15, -0.1) is 0 Å². The number of nitrogens with one attached hydrogen (secondary N) is 2. The third kappa shape index (κ3) is 2.16. The van der Waals surface area contributed by atoms with Crippen molar-refractivity contribution in [3.05, 3.63) is 6.20 Å². The minimum Gasteiger partial charge on any atom is -0.394 e. The van der Waals surface area contributed by atoms with Crippen LogP contribution in [0, 0.1) is 0 Å². The van der Waals surface area contributed by atoms with Crippen molar-refractivity contribution in [3.8, 4) is 0 Å². The number of rotatable bonds is 3. The average molecular weight is 186 g/mol. The van der Waals surface area contributed by atoms with Gasteiger partial charge in [0.15, 0.2) is 5.82 Å². The molecule has 0 saturated carbocycles. The number of anilines is 2. The zero-order valence-electron chi connectivity index (χ0n) is 6.63. The number of nitrogens with zero attached hydrogens (tertiary/aromatic N) is 1. The topological polar surface area (TPSA) is 83.8 Å². The fourth-order valence-electron chi connectivity index (χ4n) is 0.702. The summed E-state index contributed by atoms with van der Waals surface area (Å²) in [6.07, 6.45) is 3.31. The maximum atomic E-state index is 11.0. The van der Waals surface area contributed by atoms with E-state index in [4.69, 9.17) is 5.73 Å². The molecule has 0 aliphatic heterocycles. The highest BCUT2D eigenvalue weighted by atomic mass is 32.2. The van der Waals surface area contributed by atoms with Crippen molar-refractivity contribution < 1.29 is 4.79 Å². The summed E-state index contributed by atoms with van der Waals surface area (Å²) in [5, 5.41) is 8.83. The lowest BCUT2D eigenvalue weighted by atomic mass is 10.5. The van der Waals surface area contributed by atoms with E-state index in [1.165, 1.54) is 18.0 Å². The van der Waals surface area contributed by atoms with Gasteiger partial charge in [-0.25, -0.2) is 0 Å². The number of aromatic amines is 1. The van der Waals surface area contributed by atoms with Gasteiger partial charge in [-0.05, 0) is 6.26 Å². The minimum atomic E-state index is -0.0848. The quantitative estimate of drug-likeness (QED) is 0.633. The standard InChI is InChI=1S/C6H10N4OS/c1-12-3-5(11)9-6-4(7)2-8-10-6/h2H,3,7H2,1H3,(H2,8,9,10,11). The van der Waals surface area contributed by atoms with Crippen LogP contribution in [-0.2, 0) is 4.79 Å². The molecule has 4 N–H and O–H groups in total. The molecule has 1 heterocycles. The molecule has 12 heavy (non-hydrogen) atoms. The number of nitrogen functional groups attached to an aromatic ring is 1. The molecule has 5 nitrogen and oxygen atoms in total. The molecule has 0 aliphatic rings. The first-order valence-corrected chi connectivity index (χ1v) is 4.71. The van der Waals surface area contributed by atoms with Gasteiger partial charge in [0, 0.05) is 0 Å². The van der Waals surface area contributed by atoms with Gasteiger partial charge in [0.05, 0.1) is 17.6 Å². The normalized spacial score (nSPS) is 9.75. The molecule has 1 amide bonds. The molecular formula is C6H10N4OS. The van der Waals surface area contributed by atoms with Crippen molar-refractivity contribution in [2.45, 2.75) is 0 Å². The first-order chi connectivity index (χ1) is 5.74. The minimum absolute atomic E-state index is 0.0848. The van der Waals surface area contributed by atoms with Crippen LogP contribution >= 0.6 is 11.8 Å². The molecule has 1 aromatic heterocycles. The number of nitrogens with two attached hydrogens (primary N) is 1. The summed E-state index contributed by atoms with van der Waals surface area (Å²) in [5.74, 6) is 0.797. The fraction of sp³-hybridized carbons (Fsp3) is 0.333. The van der Waals surface area contributed by atoms with Crippen LogP contribution in [0.15, 0.2) is 6.20 Å². The zero-order chi connectivity index (χ0) is 8.97. The Morgan fingerprint density at radius 1 is 1.92 bits per heavy atom. The lowest BCUT2D eigenvalue weighted by Gasteiger charge is -2.00. The van der Waals surface area contributed by atoms with Gasteiger partial charge in [-0.3, -0.25) is 9.89 Å². The molecule has 0 unspecified atom stereocenters. The van der Waals surface area contributed by atoms with Gasteiger partial charge < -0.3 is 11.1 Å². The molecule has 0 fully saturated rings. The van der Waals surface area contributed by atoms with E-state index in [0.717, 1.165) is 0 Å². The maximum absolute atomic E-state index is 11.0. The number of carbonyl (C=O) groups is 1. The predicted molar refractivity (Wildman–Crippen MR) is 50.0 cm³/mol. The molecule has 0 spiro atoms. The lowest BCUT2D eigenvalue weighted by Crippen LogP contribution is -2.14. The summed E-state index contributed by atoms with van der Waals surface area (Å²) >= 11 is 1.45. The van der Waals surface area contributed by atoms with Gasteiger partial charge in [0.25, 0.3) is 0 Å². The van der Waals surface area contributed by atoms with Gasteiger partial charge >= 0.3 is 0 Å². The molecule has 1 aromatic rings. The van der Waals surface area contributed by atoms with Crippen LogP contribution in [0.1, 0.15) is 0 Å². The highest BCUT2D eigenvalue weighted by molar-refractivity contribution is 7.99. The van der Waals surface area contributed by atoms with Crippen molar-refractivity contribution in [2.75, 3.05) is 23.1 Å². The van der Waals surface area contributed by atoms with E-state index in [9.17, 15) is 4.79 Å². The van der Waals surface area contributed by atoms with Gasteiger partial charge in [0.2, 0.25) is 5.91 Å². The molecule has 0 bridgehead atoms. The van der Waals surface area contributed by atoms with Crippen molar-refractivity contribution >= 4 is 29.2 Å². The Kier molecular flexibility index (Phi) is 2.98. The third-order valence-corrected chi connectivity index (χ3v) is 1.76. The average Bonchev–Trinajstić information content (AvgIpc) is 2.37. The van der Waals surface area contributed by atoms with Gasteiger partial charge in [0.1, 0.15) is 0 Å². The Morgan fingerprint density at radius 3 is 3.17 bits per heavy atom. The Labute approximate surface area is 74.1 Å². The summed E-state index contributed by atoms with van der Waals surface area (Å²) in [7, 11) is 0. The number of thioether (sulfide) groups is 1. The molecule has 0 atom stereocenters. The van der Waals surface area contributed by atoms with Crippen LogP contribution in [0.25, 0.3) is 0 Å². The summed E-state index contributed by atoms with van der Waals surface area (Å²) in [6.45, 7) is 0. The van der Waals surface area contributed by atoms with Crippen molar-refractivity contribution in [1.82, 2.24) is 10.2 Å². The van der Waals surface area contributed by atoms with Crippen LogP contribution in [0.4, 0.5) is 11.5 Å². The highest BCUT2D eigenvalue weighted by Crippen LogP contribution is 2.12. The molecule has 0 aromatic carbocycles. The van der Waals surface area contributed by atoms with Crippen LogP contribution in [0.5, 0.6) is 0 Å². The van der Waals surface area contributed by atoms with Crippen molar-refractivity contribution in [1.29, 1.82) is 0 Å². The second kappa shape index (κ2) is 4.01. The Bertz CT molecular complexity index is 272. The fourth-order valence-corrected chi connectivity index (χ4v) is 1.04. The Morgan fingerprint density at radius 2 is 2.67 bits per heavy atom. The summed E-state index contributed by atoms with van der Waals surface area (Å²) in [4.78, 5) is 11.0. The SMILES string of the molecule is CSCC(=O)Nc1[nH]ncc1N. The van der Waals surface area contributed by atoms with Crippen molar-refractivity contribution in [2.24, 2.45) is 0 Å². The van der Waals surface area contributed by atoms with Crippen molar-refractivity contribution in [3.63, 3.8) is 0 Å². The Balaban J connectivity index is 2.52. The first-order valence-electron chi connectivity index (χ1n) is 3.31. The van der Waals surface area contributed by atoms with E-state index in [-0.39, 0.29) is 5.91 Å². The molecule has 0 saturated heterocycles. The number of H-pyrrole nitrogens is 1. The van der Waals surface area contributed by atoms with E-state index < -0.39 is 0 Å². The Hall–Kier alpha value is -1.17. The van der Waals surface area contributed by atoms with Gasteiger partial charge in [-0.2, -0.15) is 16.9 Å². The van der Waals surface area contributed by atoms with Crippen LogP contribution < -0.4 is 11.1 Å². The molecule has 66 valence electrons. The van der Waals surface area contributed by atoms with Crippen LogP contribution in [0.2, 0.25) is 0 Å². The smallest absolute Gasteiger partial charge is 0.235 e. The van der Waals surface area contributed by atoms with E-state index in [1.807, 2.05) is 6.26 Å². The molecule has 6 heteroatoms. The van der Waals surface area contributed by atoms with Crippen LogP contribution in [0.3, 0.4) is 0 Å². The summed E-state index contributed by atoms with van der Waals surface area (Å²) < 4.78 is 0. The van der Waals surface area contributed by atoms with Crippen LogP contribution in [-0.4, -0.2) is 28.1 Å². The highest BCUT2D eigenvalue weighted by Gasteiger charge is 2.04. The number of carbonyl (C=O) groups excluding carboxylic acids is 1. The number of amides is 1. The largest absolute Gasteiger partial charge is 0.394 e. The summed E-state index contributed by atoms with van der Waals surface area (Å²) in [5.41, 5.74) is 5.92.